The fourth-order valence-electron chi connectivity index (χ4n) is 3.28. The van der Waals surface area contributed by atoms with Gasteiger partial charge in [-0.2, -0.15) is 0 Å². The van der Waals surface area contributed by atoms with Crippen LogP contribution in [0.4, 0.5) is 5.69 Å². The van der Waals surface area contributed by atoms with Gasteiger partial charge in [0.25, 0.3) is 0 Å². The highest BCUT2D eigenvalue weighted by Crippen LogP contribution is 2.28. The van der Waals surface area contributed by atoms with Crippen molar-refractivity contribution in [2.24, 2.45) is 0 Å². The Labute approximate surface area is 168 Å². The van der Waals surface area contributed by atoms with Crippen molar-refractivity contribution in [2.75, 3.05) is 57.4 Å². The number of carbonyl (C=O) groups excluding carboxylic acids is 1. The predicted octanol–water partition coefficient (Wildman–Crippen LogP) is 1.96. The molecule has 8 heteroatoms. The highest BCUT2D eigenvalue weighted by Gasteiger charge is 2.25. The van der Waals surface area contributed by atoms with Gasteiger partial charge < -0.3 is 24.6 Å². The zero-order valence-electron chi connectivity index (χ0n) is 15.2. The number of morpholine rings is 1. The molecule has 2 aliphatic rings. The molecule has 2 aliphatic heterocycles. The molecule has 1 aromatic carbocycles. The molecule has 6 nitrogen and oxygen atoms in total. The van der Waals surface area contributed by atoms with Crippen LogP contribution in [-0.2, 0) is 9.53 Å². The Balaban J connectivity index is 0.00000169. The second kappa shape index (κ2) is 11.5. The average Bonchev–Trinajstić information content (AvgIpc) is 2.63. The van der Waals surface area contributed by atoms with Crippen LogP contribution in [0.15, 0.2) is 24.3 Å². The van der Waals surface area contributed by atoms with Crippen LogP contribution in [0.25, 0.3) is 0 Å². The number of halogens is 2. The lowest BCUT2D eigenvalue weighted by atomic mass is 10.1. The largest absolute Gasteiger partial charge is 0.492 e. The first-order valence-corrected chi connectivity index (χ1v) is 8.83. The molecule has 26 heavy (non-hydrogen) atoms. The van der Waals surface area contributed by atoms with Crippen molar-refractivity contribution in [2.45, 2.75) is 19.4 Å². The maximum absolute atomic E-state index is 12.5. The molecule has 1 amide bonds. The van der Waals surface area contributed by atoms with Gasteiger partial charge in [0.15, 0.2) is 0 Å². The van der Waals surface area contributed by atoms with E-state index < -0.39 is 0 Å². The first-order valence-electron chi connectivity index (χ1n) is 8.83. The van der Waals surface area contributed by atoms with Crippen molar-refractivity contribution in [1.29, 1.82) is 0 Å². The van der Waals surface area contributed by atoms with Crippen LogP contribution in [-0.4, -0.2) is 69.4 Å². The number of hydrogen-bond donors (Lipinski definition) is 1. The molecule has 1 N–H and O–H groups in total. The van der Waals surface area contributed by atoms with E-state index >= 15 is 0 Å². The van der Waals surface area contributed by atoms with Gasteiger partial charge in [-0.3, -0.25) is 4.79 Å². The van der Waals surface area contributed by atoms with Gasteiger partial charge in [0.2, 0.25) is 5.91 Å². The summed E-state index contributed by atoms with van der Waals surface area (Å²) in [6.45, 7) is 8.05. The smallest absolute Gasteiger partial charge is 0.224 e. The number of benzene rings is 1. The summed E-state index contributed by atoms with van der Waals surface area (Å²) in [5.41, 5.74) is 1.12. The van der Waals surface area contributed by atoms with Crippen molar-refractivity contribution in [3.63, 3.8) is 0 Å². The summed E-state index contributed by atoms with van der Waals surface area (Å²) in [6, 6.07) is 8.28. The zero-order valence-corrected chi connectivity index (χ0v) is 16.8. The fourth-order valence-corrected chi connectivity index (χ4v) is 3.28. The van der Waals surface area contributed by atoms with Crippen molar-refractivity contribution in [3.05, 3.63) is 24.3 Å². The predicted molar refractivity (Wildman–Crippen MR) is 108 cm³/mol. The first kappa shape index (κ1) is 22.8. The number of hydrogen-bond acceptors (Lipinski definition) is 5. The topological polar surface area (TPSA) is 54.0 Å². The van der Waals surface area contributed by atoms with Crippen LogP contribution < -0.4 is 15.0 Å². The molecular weight excluding hydrogens is 377 g/mol. The number of para-hydroxylation sites is 2. The minimum atomic E-state index is 0. The Bertz CT molecular complexity index is 548. The molecule has 1 aromatic rings. The molecular formula is C18H29Cl2N3O3. The number of nitrogens with one attached hydrogen (secondary N) is 1. The molecule has 0 aliphatic carbocycles. The number of piperazine rings is 1. The molecule has 0 spiro atoms. The molecule has 2 heterocycles. The molecule has 1 atom stereocenters. The number of carbonyl (C=O) groups is 1. The third-order valence-electron chi connectivity index (χ3n) is 4.56. The highest BCUT2D eigenvalue weighted by molar-refractivity contribution is 5.85. The van der Waals surface area contributed by atoms with E-state index in [1.807, 2.05) is 30.0 Å². The number of ether oxygens (including phenoxy) is 2. The van der Waals surface area contributed by atoms with Crippen LogP contribution >= 0.6 is 24.8 Å². The molecule has 0 aromatic heterocycles. The van der Waals surface area contributed by atoms with Crippen molar-refractivity contribution < 1.29 is 14.3 Å². The van der Waals surface area contributed by atoms with Crippen molar-refractivity contribution in [1.82, 2.24) is 10.2 Å². The van der Waals surface area contributed by atoms with Crippen LogP contribution in [0.5, 0.6) is 5.75 Å². The Hall–Kier alpha value is -1.21. The third kappa shape index (κ3) is 5.91. The van der Waals surface area contributed by atoms with Crippen molar-refractivity contribution in [3.8, 4) is 5.75 Å². The second-order valence-corrected chi connectivity index (χ2v) is 6.20. The molecule has 0 saturated carbocycles. The SMILES string of the molecule is CCOc1ccccc1N1CCN(C(=O)CC2COCCN2)CC1.Cl.Cl. The van der Waals surface area contributed by atoms with Crippen LogP contribution in [0, 0.1) is 0 Å². The maximum Gasteiger partial charge on any atom is 0.224 e. The van der Waals surface area contributed by atoms with E-state index in [-0.39, 0.29) is 36.8 Å². The van der Waals surface area contributed by atoms with E-state index in [4.69, 9.17) is 9.47 Å². The van der Waals surface area contributed by atoms with Crippen molar-refractivity contribution >= 4 is 36.4 Å². The molecule has 2 saturated heterocycles. The van der Waals surface area contributed by atoms with E-state index in [1.54, 1.807) is 0 Å². The van der Waals surface area contributed by atoms with E-state index in [9.17, 15) is 4.79 Å². The van der Waals surface area contributed by atoms with Gasteiger partial charge in [0, 0.05) is 45.2 Å². The van der Waals surface area contributed by atoms with Gasteiger partial charge in [-0.1, -0.05) is 12.1 Å². The summed E-state index contributed by atoms with van der Waals surface area (Å²) in [5, 5.41) is 3.35. The minimum absolute atomic E-state index is 0. The van der Waals surface area contributed by atoms with Gasteiger partial charge in [0.1, 0.15) is 5.75 Å². The Morgan fingerprint density at radius 3 is 2.62 bits per heavy atom. The normalized spacial score (nSPS) is 20.0. The quantitative estimate of drug-likeness (QED) is 0.811. The standard InChI is InChI=1S/C18H27N3O3.2ClH/c1-2-24-17-6-4-3-5-16(17)20-8-10-21(11-9-20)18(22)13-15-14-23-12-7-19-15;;/h3-6,15,19H,2,7-14H2,1H3;2*1H. The number of amides is 1. The van der Waals surface area contributed by atoms with Gasteiger partial charge in [0.05, 0.1) is 25.5 Å². The lowest BCUT2D eigenvalue weighted by molar-refractivity contribution is -0.132. The summed E-state index contributed by atoms with van der Waals surface area (Å²) >= 11 is 0. The van der Waals surface area contributed by atoms with Gasteiger partial charge in [-0.15, -0.1) is 24.8 Å². The number of nitrogens with zero attached hydrogens (tertiary/aromatic N) is 2. The van der Waals surface area contributed by atoms with Gasteiger partial charge >= 0.3 is 0 Å². The molecule has 1 unspecified atom stereocenters. The summed E-state index contributed by atoms with van der Waals surface area (Å²) in [7, 11) is 0. The van der Waals surface area contributed by atoms with E-state index in [0.29, 0.717) is 19.6 Å². The Morgan fingerprint density at radius 1 is 1.23 bits per heavy atom. The van der Waals surface area contributed by atoms with E-state index in [2.05, 4.69) is 16.3 Å². The average molecular weight is 406 g/mol. The molecule has 0 bridgehead atoms. The zero-order chi connectivity index (χ0) is 16.8. The van der Waals surface area contributed by atoms with Gasteiger partial charge in [-0.25, -0.2) is 0 Å². The fraction of sp³-hybridized carbons (Fsp3) is 0.611. The monoisotopic (exact) mass is 405 g/mol. The van der Waals surface area contributed by atoms with Crippen LogP contribution in [0.1, 0.15) is 13.3 Å². The highest BCUT2D eigenvalue weighted by atomic mass is 35.5. The second-order valence-electron chi connectivity index (χ2n) is 6.20. The first-order chi connectivity index (χ1) is 11.8. The third-order valence-corrected chi connectivity index (χ3v) is 4.56. The van der Waals surface area contributed by atoms with E-state index in [1.165, 1.54) is 0 Å². The van der Waals surface area contributed by atoms with Crippen LogP contribution in [0.3, 0.4) is 0 Å². The summed E-state index contributed by atoms with van der Waals surface area (Å²) in [6.07, 6.45) is 0.523. The Kier molecular flexibility index (Phi) is 10.1. The Morgan fingerprint density at radius 2 is 1.96 bits per heavy atom. The molecule has 0 radical (unpaired) electrons. The lowest BCUT2D eigenvalue weighted by Gasteiger charge is -2.37. The summed E-state index contributed by atoms with van der Waals surface area (Å²) in [5.74, 6) is 1.14. The molecule has 2 fully saturated rings. The minimum Gasteiger partial charge on any atom is -0.492 e. The molecule has 148 valence electrons. The lowest BCUT2D eigenvalue weighted by Crippen LogP contribution is -2.51. The summed E-state index contributed by atoms with van der Waals surface area (Å²) in [4.78, 5) is 16.7. The van der Waals surface area contributed by atoms with E-state index in [0.717, 1.165) is 50.8 Å². The summed E-state index contributed by atoms with van der Waals surface area (Å²) < 4.78 is 11.1. The maximum atomic E-state index is 12.5. The van der Waals surface area contributed by atoms with Gasteiger partial charge in [-0.05, 0) is 19.1 Å². The molecule has 3 rings (SSSR count). The number of anilines is 1. The number of rotatable bonds is 5. The van der Waals surface area contributed by atoms with Crippen LogP contribution in [0.2, 0.25) is 0 Å².